The zero-order chi connectivity index (χ0) is 27.1. The van der Waals surface area contributed by atoms with Gasteiger partial charge in [-0.3, -0.25) is 14.8 Å². The van der Waals surface area contributed by atoms with Gasteiger partial charge in [-0.05, 0) is 23.6 Å². The number of carbonyl (C=O) groups excluding carboxylic acids is 2. The van der Waals surface area contributed by atoms with Crippen molar-refractivity contribution in [3.8, 4) is 11.1 Å². The molecule has 1 amide bonds. The summed E-state index contributed by atoms with van der Waals surface area (Å²) in [5, 5.41) is 11.1. The molecular formula is C27H21Cl2FN6O2S. The average Bonchev–Trinajstić information content (AvgIpc) is 3.72. The SMILES string of the molecule is O=CCCc1ccc(-c2cc(Cl)c3cn([C@@H](C(=O)Nc4nccs4)c4ncn5c4C[C@@H](F)C5)nc3c2Cl)cc1. The third kappa shape index (κ3) is 4.84. The van der Waals surface area contributed by atoms with Crippen LogP contribution < -0.4 is 5.32 Å². The van der Waals surface area contributed by atoms with Gasteiger partial charge in [0, 0.05) is 47.3 Å². The fraction of sp³-hybridized carbons (Fsp3) is 0.222. The number of alkyl halides is 1. The highest BCUT2D eigenvalue weighted by atomic mass is 35.5. The molecule has 4 heterocycles. The number of halogens is 3. The Labute approximate surface area is 236 Å². The largest absolute Gasteiger partial charge is 0.331 e. The lowest BCUT2D eigenvalue weighted by Gasteiger charge is -2.16. The minimum Gasteiger partial charge on any atom is -0.331 e. The van der Waals surface area contributed by atoms with E-state index in [1.807, 2.05) is 24.3 Å². The van der Waals surface area contributed by atoms with Crippen LogP contribution in [0.2, 0.25) is 10.0 Å². The fourth-order valence-electron chi connectivity index (χ4n) is 4.89. The minimum atomic E-state index is -1.04. The number of nitrogens with one attached hydrogen (secondary N) is 1. The quantitative estimate of drug-likeness (QED) is 0.229. The van der Waals surface area contributed by atoms with Gasteiger partial charge < -0.3 is 9.36 Å². The molecule has 0 unspecified atom stereocenters. The molecule has 0 bridgehead atoms. The first-order chi connectivity index (χ1) is 18.9. The minimum absolute atomic E-state index is 0.158. The van der Waals surface area contributed by atoms with E-state index in [0.717, 1.165) is 17.4 Å². The number of fused-ring (bicyclic) bond motifs is 2. The molecule has 12 heteroatoms. The Kier molecular flexibility index (Phi) is 6.92. The molecule has 1 aliphatic rings. The first kappa shape index (κ1) is 25.7. The number of aryl methyl sites for hydroxylation is 1. The number of rotatable bonds is 8. The Morgan fingerprint density at radius 1 is 1.26 bits per heavy atom. The lowest BCUT2D eigenvalue weighted by atomic mass is 10.0. The highest BCUT2D eigenvalue weighted by molar-refractivity contribution is 7.13. The summed E-state index contributed by atoms with van der Waals surface area (Å²) in [7, 11) is 0. The van der Waals surface area contributed by atoms with Crippen molar-refractivity contribution in [1.82, 2.24) is 24.3 Å². The number of aromatic nitrogens is 5. The second kappa shape index (κ2) is 10.5. The van der Waals surface area contributed by atoms with Gasteiger partial charge in [0.2, 0.25) is 0 Å². The van der Waals surface area contributed by atoms with E-state index in [1.165, 1.54) is 16.0 Å². The van der Waals surface area contributed by atoms with Gasteiger partial charge in [0.15, 0.2) is 11.2 Å². The lowest BCUT2D eigenvalue weighted by Crippen LogP contribution is -2.28. The van der Waals surface area contributed by atoms with E-state index in [9.17, 15) is 14.0 Å². The summed E-state index contributed by atoms with van der Waals surface area (Å²) in [6.07, 6.45) is 5.93. The maximum atomic E-state index is 14.2. The van der Waals surface area contributed by atoms with Gasteiger partial charge in [-0.15, -0.1) is 11.3 Å². The van der Waals surface area contributed by atoms with E-state index in [2.05, 4.69) is 15.3 Å². The van der Waals surface area contributed by atoms with Crippen LogP contribution in [-0.4, -0.2) is 42.7 Å². The smallest absolute Gasteiger partial charge is 0.257 e. The van der Waals surface area contributed by atoms with Crippen molar-refractivity contribution in [2.75, 3.05) is 5.32 Å². The third-order valence-electron chi connectivity index (χ3n) is 6.74. The number of benzene rings is 2. The van der Waals surface area contributed by atoms with Gasteiger partial charge >= 0.3 is 0 Å². The lowest BCUT2D eigenvalue weighted by molar-refractivity contribution is -0.118. The summed E-state index contributed by atoms with van der Waals surface area (Å²) in [6, 6.07) is 8.50. The van der Waals surface area contributed by atoms with Crippen molar-refractivity contribution in [3.63, 3.8) is 0 Å². The van der Waals surface area contributed by atoms with Crippen LogP contribution >= 0.6 is 34.5 Å². The molecule has 0 aliphatic carbocycles. The maximum Gasteiger partial charge on any atom is 0.257 e. The Balaban J connectivity index is 1.43. The fourth-order valence-corrected chi connectivity index (χ4v) is 5.97. The van der Waals surface area contributed by atoms with Crippen molar-refractivity contribution >= 4 is 62.8 Å². The number of hydrogen-bond acceptors (Lipinski definition) is 6. The molecule has 0 fully saturated rings. The van der Waals surface area contributed by atoms with E-state index in [-0.39, 0.29) is 13.0 Å². The number of amides is 1. The van der Waals surface area contributed by atoms with Gasteiger partial charge in [-0.1, -0.05) is 47.5 Å². The van der Waals surface area contributed by atoms with Crippen molar-refractivity contribution in [3.05, 3.63) is 81.4 Å². The first-order valence-corrected chi connectivity index (χ1v) is 13.8. The summed E-state index contributed by atoms with van der Waals surface area (Å²) < 4.78 is 17.4. The highest BCUT2D eigenvalue weighted by Gasteiger charge is 2.34. The van der Waals surface area contributed by atoms with Crippen LogP contribution in [0.15, 0.2) is 54.4 Å². The molecule has 0 spiro atoms. The average molecular weight is 583 g/mol. The number of nitrogens with zero attached hydrogens (tertiary/aromatic N) is 5. The summed E-state index contributed by atoms with van der Waals surface area (Å²) in [4.78, 5) is 32.9. The number of anilines is 1. The molecule has 39 heavy (non-hydrogen) atoms. The summed E-state index contributed by atoms with van der Waals surface area (Å²) in [5.74, 6) is -0.417. The standard InChI is InChI=1S/C27H21Cl2FN6O2S/c28-20-11-18(16-5-3-15(4-6-16)2-1-8-37)22(29)23-19(20)13-36(34-23)25(26(38)33-27-31-7-9-39-27)24-21-10-17(30)12-35(21)14-32-24/h3-9,11,13-14,17,25H,1-2,10,12H2,(H,31,33,38)/t17-,25-/m1/s1. The Hall–Kier alpha value is -3.60. The zero-order valence-corrected chi connectivity index (χ0v) is 22.7. The molecule has 1 aliphatic heterocycles. The van der Waals surface area contributed by atoms with E-state index in [4.69, 9.17) is 28.3 Å². The van der Waals surface area contributed by atoms with Gasteiger partial charge in [-0.25, -0.2) is 14.4 Å². The predicted molar refractivity (Wildman–Crippen MR) is 149 cm³/mol. The molecular weight excluding hydrogens is 562 g/mol. The number of carbonyl (C=O) groups is 2. The van der Waals surface area contributed by atoms with E-state index in [1.54, 1.807) is 34.7 Å². The number of imidazole rings is 1. The molecule has 0 saturated heterocycles. The Morgan fingerprint density at radius 3 is 2.82 bits per heavy atom. The van der Waals surface area contributed by atoms with Crippen LogP contribution in [-0.2, 0) is 29.0 Å². The number of aldehydes is 1. The molecule has 3 aromatic heterocycles. The van der Waals surface area contributed by atoms with Crippen LogP contribution in [0.1, 0.15) is 29.4 Å². The normalized spacial score (nSPS) is 15.4. The van der Waals surface area contributed by atoms with Crippen molar-refractivity contribution < 1.29 is 14.0 Å². The molecule has 2 atom stereocenters. The third-order valence-corrected chi connectivity index (χ3v) is 8.13. The summed E-state index contributed by atoms with van der Waals surface area (Å²) in [6.45, 7) is 0.194. The second-order valence-electron chi connectivity index (χ2n) is 9.25. The van der Waals surface area contributed by atoms with E-state index in [0.29, 0.717) is 55.9 Å². The molecule has 5 aromatic rings. The number of hydrogen-bond donors (Lipinski definition) is 1. The molecule has 2 aromatic carbocycles. The Bertz CT molecular complexity index is 1680. The van der Waals surface area contributed by atoms with Gasteiger partial charge in [0.05, 0.1) is 28.6 Å². The molecule has 198 valence electrons. The molecule has 6 rings (SSSR count). The van der Waals surface area contributed by atoms with Crippen molar-refractivity contribution in [1.29, 1.82) is 0 Å². The van der Waals surface area contributed by atoms with Crippen LogP contribution in [0.25, 0.3) is 22.0 Å². The molecule has 0 radical (unpaired) electrons. The van der Waals surface area contributed by atoms with Crippen molar-refractivity contribution in [2.45, 2.75) is 38.0 Å². The predicted octanol–water partition coefficient (Wildman–Crippen LogP) is 5.92. The summed E-state index contributed by atoms with van der Waals surface area (Å²) >= 11 is 14.9. The molecule has 8 nitrogen and oxygen atoms in total. The van der Waals surface area contributed by atoms with Gasteiger partial charge in [0.1, 0.15) is 18.0 Å². The van der Waals surface area contributed by atoms with Crippen LogP contribution in [0, 0.1) is 0 Å². The van der Waals surface area contributed by atoms with Gasteiger partial charge in [0.25, 0.3) is 5.91 Å². The van der Waals surface area contributed by atoms with E-state index < -0.39 is 18.1 Å². The van der Waals surface area contributed by atoms with E-state index >= 15 is 0 Å². The second-order valence-corrected chi connectivity index (χ2v) is 10.9. The van der Waals surface area contributed by atoms with Crippen LogP contribution in [0.4, 0.5) is 9.52 Å². The first-order valence-electron chi connectivity index (χ1n) is 12.2. The topological polar surface area (TPSA) is 94.7 Å². The van der Waals surface area contributed by atoms with Gasteiger partial charge in [-0.2, -0.15) is 5.10 Å². The molecule has 1 N–H and O–H groups in total. The zero-order valence-electron chi connectivity index (χ0n) is 20.4. The monoisotopic (exact) mass is 582 g/mol. The maximum absolute atomic E-state index is 14.2. The highest BCUT2D eigenvalue weighted by Crippen LogP contribution is 2.39. The molecule has 0 saturated carbocycles. The van der Waals surface area contributed by atoms with Crippen LogP contribution in [0.3, 0.4) is 0 Å². The van der Waals surface area contributed by atoms with Crippen LogP contribution in [0.5, 0.6) is 0 Å². The summed E-state index contributed by atoms with van der Waals surface area (Å²) in [5.41, 5.74) is 4.05. The Morgan fingerprint density at radius 2 is 2.08 bits per heavy atom. The van der Waals surface area contributed by atoms with Crippen molar-refractivity contribution in [2.24, 2.45) is 0 Å². The number of thiazole rings is 1.